The van der Waals surface area contributed by atoms with Crippen LogP contribution in [0.5, 0.6) is 0 Å². The standard InChI is InChI=1S/C26H24N8O3/c27-12-17-3-1-4-19(11-17)25(35)29-13-16-6-8-18(9-7-16)22-21-23(28)30-15-31-24(21)34(32-22)20-5-2-10-33(14-20)26(36)37/h1,3-4,6-9,11,15,20H,2,5,10,13-14H2,(H,29,35)(H,36,37)(H2,28,30,31)/t20-/m1/s1. The molecule has 2 aromatic carbocycles. The highest BCUT2D eigenvalue weighted by molar-refractivity contribution is 5.98. The molecular weight excluding hydrogens is 472 g/mol. The van der Waals surface area contributed by atoms with Crippen molar-refractivity contribution < 1.29 is 14.7 Å². The number of likely N-dealkylation sites (tertiary alicyclic amines) is 1. The minimum Gasteiger partial charge on any atom is -0.465 e. The number of rotatable bonds is 5. The van der Waals surface area contributed by atoms with Crippen LogP contribution in [0.25, 0.3) is 22.3 Å². The first-order valence-corrected chi connectivity index (χ1v) is 11.8. The molecule has 0 saturated carbocycles. The first-order chi connectivity index (χ1) is 17.9. The molecule has 4 N–H and O–H groups in total. The summed E-state index contributed by atoms with van der Waals surface area (Å²) in [7, 11) is 0. The van der Waals surface area contributed by atoms with Gasteiger partial charge in [-0.15, -0.1) is 0 Å². The van der Waals surface area contributed by atoms with E-state index in [0.29, 0.717) is 53.3 Å². The van der Waals surface area contributed by atoms with E-state index in [1.165, 1.54) is 11.2 Å². The molecule has 4 aromatic rings. The molecule has 3 heterocycles. The smallest absolute Gasteiger partial charge is 0.407 e. The summed E-state index contributed by atoms with van der Waals surface area (Å²) in [4.78, 5) is 34.0. The predicted molar refractivity (Wildman–Crippen MR) is 135 cm³/mol. The lowest BCUT2D eigenvalue weighted by Crippen LogP contribution is -2.40. The number of nitrogens with one attached hydrogen (secondary N) is 1. The number of aromatic nitrogens is 4. The Morgan fingerprint density at radius 2 is 2.00 bits per heavy atom. The zero-order valence-corrected chi connectivity index (χ0v) is 19.8. The zero-order valence-electron chi connectivity index (χ0n) is 19.8. The number of fused-ring (bicyclic) bond motifs is 1. The first-order valence-electron chi connectivity index (χ1n) is 11.8. The molecular formula is C26H24N8O3. The fourth-order valence-electron chi connectivity index (χ4n) is 4.58. The Balaban J connectivity index is 1.38. The van der Waals surface area contributed by atoms with Crippen molar-refractivity contribution in [2.75, 3.05) is 18.8 Å². The molecule has 2 aromatic heterocycles. The Kier molecular flexibility index (Phi) is 6.38. The second-order valence-corrected chi connectivity index (χ2v) is 8.85. The Bertz CT molecular complexity index is 1520. The van der Waals surface area contributed by atoms with E-state index in [2.05, 4.69) is 15.3 Å². The van der Waals surface area contributed by atoms with Crippen LogP contribution in [-0.4, -0.2) is 54.8 Å². The van der Waals surface area contributed by atoms with Gasteiger partial charge in [-0.2, -0.15) is 10.4 Å². The molecule has 0 radical (unpaired) electrons. The van der Waals surface area contributed by atoms with Crippen molar-refractivity contribution >= 4 is 28.9 Å². The van der Waals surface area contributed by atoms with E-state index in [-0.39, 0.29) is 11.9 Å². The van der Waals surface area contributed by atoms with Crippen LogP contribution in [0.2, 0.25) is 0 Å². The molecule has 1 fully saturated rings. The van der Waals surface area contributed by atoms with Gasteiger partial charge < -0.3 is 21.1 Å². The minimum absolute atomic E-state index is 0.163. The number of nitrogens with zero attached hydrogens (tertiary/aromatic N) is 6. The molecule has 1 saturated heterocycles. The van der Waals surface area contributed by atoms with Crippen molar-refractivity contribution in [3.05, 3.63) is 71.5 Å². The molecule has 0 unspecified atom stereocenters. The molecule has 0 spiro atoms. The zero-order chi connectivity index (χ0) is 25.9. The maximum Gasteiger partial charge on any atom is 0.407 e. The highest BCUT2D eigenvalue weighted by atomic mass is 16.4. The van der Waals surface area contributed by atoms with Crippen LogP contribution >= 0.6 is 0 Å². The number of anilines is 1. The summed E-state index contributed by atoms with van der Waals surface area (Å²) in [6.07, 6.45) is 1.95. The molecule has 1 aliphatic heterocycles. The average Bonchev–Trinajstić information content (AvgIpc) is 3.33. The van der Waals surface area contributed by atoms with Gasteiger partial charge in [0.1, 0.15) is 17.8 Å². The number of hydrogen-bond acceptors (Lipinski definition) is 7. The Morgan fingerprint density at radius 1 is 1.19 bits per heavy atom. The quantitative estimate of drug-likeness (QED) is 0.379. The number of carbonyl (C=O) groups excluding carboxylic acids is 1. The Labute approximate surface area is 212 Å². The fraction of sp³-hybridized carbons (Fsp3) is 0.231. The van der Waals surface area contributed by atoms with Gasteiger partial charge in [0, 0.05) is 30.8 Å². The van der Waals surface area contributed by atoms with Crippen molar-refractivity contribution in [2.45, 2.75) is 25.4 Å². The molecule has 0 bridgehead atoms. The van der Waals surface area contributed by atoms with Crippen LogP contribution in [0.1, 0.15) is 40.4 Å². The number of benzene rings is 2. The molecule has 186 valence electrons. The van der Waals surface area contributed by atoms with E-state index >= 15 is 0 Å². The van der Waals surface area contributed by atoms with Crippen molar-refractivity contribution in [2.24, 2.45) is 0 Å². The summed E-state index contributed by atoms with van der Waals surface area (Å²) in [5, 5.41) is 26.8. The number of amides is 2. The van der Waals surface area contributed by atoms with Crippen LogP contribution in [0, 0.1) is 11.3 Å². The maximum atomic E-state index is 12.5. The van der Waals surface area contributed by atoms with Crippen molar-refractivity contribution in [1.82, 2.24) is 30.0 Å². The van der Waals surface area contributed by atoms with Crippen molar-refractivity contribution in [3.63, 3.8) is 0 Å². The highest BCUT2D eigenvalue weighted by Gasteiger charge is 2.28. The van der Waals surface area contributed by atoms with Gasteiger partial charge in [-0.25, -0.2) is 19.4 Å². The lowest BCUT2D eigenvalue weighted by atomic mass is 10.1. The second-order valence-electron chi connectivity index (χ2n) is 8.85. The van der Waals surface area contributed by atoms with Gasteiger partial charge in [-0.05, 0) is 36.6 Å². The minimum atomic E-state index is -0.948. The van der Waals surface area contributed by atoms with Crippen LogP contribution in [0.15, 0.2) is 54.9 Å². The van der Waals surface area contributed by atoms with Gasteiger partial charge >= 0.3 is 6.09 Å². The van der Waals surface area contributed by atoms with E-state index in [4.69, 9.17) is 16.1 Å². The third-order valence-corrected chi connectivity index (χ3v) is 6.47. The Morgan fingerprint density at radius 3 is 2.76 bits per heavy atom. The van der Waals surface area contributed by atoms with Crippen LogP contribution in [0.3, 0.4) is 0 Å². The monoisotopic (exact) mass is 496 g/mol. The summed E-state index contributed by atoms with van der Waals surface area (Å²) in [5.41, 5.74) is 9.93. The van der Waals surface area contributed by atoms with E-state index in [1.807, 2.05) is 30.3 Å². The molecule has 5 rings (SSSR count). The highest BCUT2D eigenvalue weighted by Crippen LogP contribution is 2.33. The Hall–Kier alpha value is -4.98. The van der Waals surface area contributed by atoms with Gasteiger partial charge in [-0.1, -0.05) is 30.3 Å². The summed E-state index contributed by atoms with van der Waals surface area (Å²) in [6.45, 7) is 1.13. The number of hydrogen-bond donors (Lipinski definition) is 3. The lowest BCUT2D eigenvalue weighted by Gasteiger charge is -2.30. The summed E-state index contributed by atoms with van der Waals surface area (Å²) in [6, 6.07) is 16.0. The first kappa shape index (κ1) is 23.7. The number of nitrogens with two attached hydrogens (primary N) is 1. The second kappa shape index (κ2) is 9.94. The maximum absolute atomic E-state index is 12.5. The number of nitriles is 1. The number of carbonyl (C=O) groups is 2. The molecule has 2 amide bonds. The van der Waals surface area contributed by atoms with E-state index < -0.39 is 6.09 Å². The van der Waals surface area contributed by atoms with E-state index in [0.717, 1.165) is 24.0 Å². The van der Waals surface area contributed by atoms with Gasteiger partial charge in [-0.3, -0.25) is 4.79 Å². The van der Waals surface area contributed by atoms with Gasteiger partial charge in [0.15, 0.2) is 5.65 Å². The van der Waals surface area contributed by atoms with E-state index in [1.54, 1.807) is 28.9 Å². The summed E-state index contributed by atoms with van der Waals surface area (Å²) in [5.74, 6) is 0.0341. The molecule has 0 aliphatic carbocycles. The van der Waals surface area contributed by atoms with Crippen molar-refractivity contribution in [1.29, 1.82) is 5.26 Å². The fourth-order valence-corrected chi connectivity index (χ4v) is 4.58. The largest absolute Gasteiger partial charge is 0.465 e. The molecule has 1 aliphatic rings. The van der Waals surface area contributed by atoms with Crippen LogP contribution in [-0.2, 0) is 6.54 Å². The summed E-state index contributed by atoms with van der Waals surface area (Å²) < 4.78 is 1.77. The molecule has 37 heavy (non-hydrogen) atoms. The summed E-state index contributed by atoms with van der Waals surface area (Å²) >= 11 is 0. The lowest BCUT2D eigenvalue weighted by molar-refractivity contribution is 0.0950. The molecule has 1 atom stereocenters. The number of nitrogen functional groups attached to an aromatic ring is 1. The van der Waals surface area contributed by atoms with Crippen molar-refractivity contribution in [3.8, 4) is 17.3 Å². The topological polar surface area (TPSA) is 163 Å². The molecule has 11 nitrogen and oxygen atoms in total. The van der Waals surface area contributed by atoms with Crippen LogP contribution < -0.4 is 11.1 Å². The SMILES string of the molecule is N#Cc1cccc(C(=O)NCc2ccc(-c3nn([C@@H]4CCCN(C(=O)O)C4)c4ncnc(N)c34)cc2)c1. The van der Waals surface area contributed by atoms with E-state index in [9.17, 15) is 14.7 Å². The van der Waals surface area contributed by atoms with Crippen LogP contribution in [0.4, 0.5) is 10.6 Å². The average molecular weight is 497 g/mol. The van der Waals surface area contributed by atoms with Gasteiger partial charge in [0.05, 0.1) is 23.1 Å². The predicted octanol–water partition coefficient (Wildman–Crippen LogP) is 3.19. The van der Waals surface area contributed by atoms with Gasteiger partial charge in [0.2, 0.25) is 0 Å². The number of carboxylic acid groups (broad SMARTS) is 1. The third-order valence-electron chi connectivity index (χ3n) is 6.47. The number of piperidine rings is 1. The third kappa shape index (κ3) is 4.77. The normalized spacial score (nSPS) is 15.3. The van der Waals surface area contributed by atoms with Gasteiger partial charge in [0.25, 0.3) is 5.91 Å². The molecule has 11 heteroatoms.